The fourth-order valence-electron chi connectivity index (χ4n) is 4.67. The maximum absolute atomic E-state index is 13.3. The largest absolute Gasteiger partial charge is 0.392 e. The number of urea groups is 1. The van der Waals surface area contributed by atoms with E-state index in [2.05, 4.69) is 16.4 Å². The van der Waals surface area contributed by atoms with Gasteiger partial charge in [0.1, 0.15) is 0 Å². The number of fused-ring (bicyclic) bond motifs is 1. The first kappa shape index (κ1) is 18.2. The van der Waals surface area contributed by atoms with Gasteiger partial charge < -0.3 is 15.2 Å². The lowest BCUT2D eigenvalue weighted by Gasteiger charge is -2.54. The monoisotopic (exact) mass is 379 g/mol. The molecule has 146 valence electrons. The molecule has 4 rings (SSSR count). The maximum atomic E-state index is 13.3. The van der Waals surface area contributed by atoms with Crippen LogP contribution in [-0.2, 0) is 6.42 Å². The Morgan fingerprint density at radius 2 is 2.11 bits per heavy atom. The van der Waals surface area contributed by atoms with Crippen LogP contribution in [0.4, 0.5) is 18.0 Å². The fourth-order valence-corrected chi connectivity index (χ4v) is 4.67. The summed E-state index contributed by atoms with van der Waals surface area (Å²) in [7, 11) is 0. The van der Waals surface area contributed by atoms with Crippen molar-refractivity contribution in [1.82, 2.24) is 15.2 Å². The molecule has 1 aliphatic carbocycles. The normalized spacial score (nSPS) is 22.0. The number of amides is 2. The molecule has 0 radical (unpaired) electrons. The standard InChI is InChI=1S/C20H24F3N3O/c21-20(22,23)17-6-11-26(13-19(17)7-1-8-19)18(27)25-9-4-14-2-3-16-15(12-14)5-10-24-16/h2-3,5,10,12,17,24H,1,4,6-9,11,13H2,(H,25,27). The highest BCUT2D eigenvalue weighted by molar-refractivity contribution is 5.80. The SMILES string of the molecule is O=C(NCCc1ccc2[nH]ccc2c1)N1CCC(C(F)(F)F)C2(CCC2)C1. The van der Waals surface area contributed by atoms with Gasteiger partial charge in [0.25, 0.3) is 0 Å². The van der Waals surface area contributed by atoms with Gasteiger partial charge in [-0.05, 0) is 60.2 Å². The Labute approximate surface area is 156 Å². The van der Waals surface area contributed by atoms with Crippen LogP contribution >= 0.6 is 0 Å². The summed E-state index contributed by atoms with van der Waals surface area (Å²) in [5.41, 5.74) is 1.43. The molecule has 1 aromatic heterocycles. The van der Waals surface area contributed by atoms with E-state index in [9.17, 15) is 18.0 Å². The lowest BCUT2D eigenvalue weighted by molar-refractivity contribution is -0.235. The molecule has 1 saturated heterocycles. The Morgan fingerprint density at radius 1 is 1.30 bits per heavy atom. The van der Waals surface area contributed by atoms with E-state index in [-0.39, 0.29) is 25.5 Å². The van der Waals surface area contributed by atoms with Crippen LogP contribution in [0.2, 0.25) is 0 Å². The Kier molecular flexibility index (Phi) is 4.56. The average molecular weight is 379 g/mol. The number of nitrogens with one attached hydrogen (secondary N) is 2. The lowest BCUT2D eigenvalue weighted by Crippen LogP contribution is -2.59. The second-order valence-electron chi connectivity index (χ2n) is 7.90. The Hall–Kier alpha value is -2.18. The molecule has 1 saturated carbocycles. The number of nitrogens with zero attached hydrogens (tertiary/aromatic N) is 1. The summed E-state index contributed by atoms with van der Waals surface area (Å²) in [5, 5.41) is 4.01. The van der Waals surface area contributed by atoms with Gasteiger partial charge in [-0.3, -0.25) is 0 Å². The first-order chi connectivity index (χ1) is 12.9. The van der Waals surface area contributed by atoms with E-state index in [0.29, 0.717) is 25.8 Å². The third kappa shape index (κ3) is 3.51. The van der Waals surface area contributed by atoms with Crippen molar-refractivity contribution in [2.45, 2.75) is 38.3 Å². The quantitative estimate of drug-likeness (QED) is 0.812. The fraction of sp³-hybridized carbons (Fsp3) is 0.550. The van der Waals surface area contributed by atoms with Gasteiger partial charge in [0.05, 0.1) is 5.92 Å². The number of carbonyl (C=O) groups is 1. The van der Waals surface area contributed by atoms with E-state index in [1.807, 2.05) is 24.4 Å². The molecule has 2 amide bonds. The number of piperidine rings is 1. The van der Waals surface area contributed by atoms with Crippen molar-refractivity contribution >= 4 is 16.9 Å². The second kappa shape index (κ2) is 6.77. The zero-order chi connectivity index (χ0) is 19.1. The second-order valence-corrected chi connectivity index (χ2v) is 7.90. The van der Waals surface area contributed by atoms with Crippen molar-refractivity contribution in [2.24, 2.45) is 11.3 Å². The molecule has 2 heterocycles. The molecule has 1 spiro atoms. The number of benzene rings is 1. The van der Waals surface area contributed by atoms with Crippen LogP contribution < -0.4 is 5.32 Å². The van der Waals surface area contributed by atoms with Crippen LogP contribution in [0.3, 0.4) is 0 Å². The van der Waals surface area contributed by atoms with E-state index >= 15 is 0 Å². The number of hydrogen-bond donors (Lipinski definition) is 2. The van der Waals surface area contributed by atoms with Crippen molar-refractivity contribution in [3.05, 3.63) is 36.0 Å². The number of H-pyrrole nitrogens is 1. The van der Waals surface area contributed by atoms with E-state index in [4.69, 9.17) is 0 Å². The van der Waals surface area contributed by atoms with Gasteiger partial charge in [-0.25, -0.2) is 4.79 Å². The highest BCUT2D eigenvalue weighted by Crippen LogP contribution is 2.56. The number of rotatable bonds is 3. The molecule has 27 heavy (non-hydrogen) atoms. The molecule has 7 heteroatoms. The topological polar surface area (TPSA) is 48.1 Å². The van der Waals surface area contributed by atoms with Crippen molar-refractivity contribution < 1.29 is 18.0 Å². The molecular formula is C20H24F3N3O. The summed E-state index contributed by atoms with van der Waals surface area (Å²) in [5.74, 6) is -1.27. The van der Waals surface area contributed by atoms with E-state index in [1.54, 1.807) is 4.90 Å². The predicted octanol–water partition coefficient (Wildman–Crippen LogP) is 4.47. The molecule has 1 atom stereocenters. The molecule has 1 unspecified atom stereocenters. The Balaban J connectivity index is 1.32. The van der Waals surface area contributed by atoms with Gasteiger partial charge in [0.15, 0.2) is 0 Å². The smallest absolute Gasteiger partial charge is 0.361 e. The average Bonchev–Trinajstić information content (AvgIpc) is 3.06. The van der Waals surface area contributed by atoms with Crippen molar-refractivity contribution in [3.8, 4) is 0 Å². The summed E-state index contributed by atoms with van der Waals surface area (Å²) >= 11 is 0. The molecular weight excluding hydrogens is 355 g/mol. The van der Waals surface area contributed by atoms with Crippen LogP contribution in [0, 0.1) is 11.3 Å². The number of alkyl halides is 3. The Bertz CT molecular complexity index is 825. The van der Waals surface area contributed by atoms with Gasteiger partial charge in [0.2, 0.25) is 0 Å². The minimum absolute atomic E-state index is 0.0150. The van der Waals surface area contributed by atoms with Gasteiger partial charge in [-0.2, -0.15) is 13.2 Å². The third-order valence-electron chi connectivity index (χ3n) is 6.27. The minimum atomic E-state index is -4.17. The highest BCUT2D eigenvalue weighted by Gasteiger charge is 2.58. The number of hydrogen-bond acceptors (Lipinski definition) is 1. The van der Waals surface area contributed by atoms with Crippen LogP contribution in [0.25, 0.3) is 10.9 Å². The molecule has 2 fully saturated rings. The maximum Gasteiger partial charge on any atom is 0.392 e. The number of aromatic amines is 1. The van der Waals surface area contributed by atoms with Crippen molar-refractivity contribution in [2.75, 3.05) is 19.6 Å². The summed E-state index contributed by atoms with van der Waals surface area (Å²) in [6.45, 7) is 0.867. The third-order valence-corrected chi connectivity index (χ3v) is 6.27. The van der Waals surface area contributed by atoms with Gasteiger partial charge >= 0.3 is 12.2 Å². The van der Waals surface area contributed by atoms with E-state index in [1.165, 1.54) is 0 Å². The molecule has 2 aromatic rings. The zero-order valence-corrected chi connectivity index (χ0v) is 15.1. The first-order valence-corrected chi connectivity index (χ1v) is 9.53. The minimum Gasteiger partial charge on any atom is -0.361 e. The molecule has 2 aliphatic rings. The first-order valence-electron chi connectivity index (χ1n) is 9.53. The summed E-state index contributed by atoms with van der Waals surface area (Å²) in [6.07, 6.45) is 0.383. The zero-order valence-electron chi connectivity index (χ0n) is 15.1. The molecule has 1 aliphatic heterocycles. The summed E-state index contributed by atoms with van der Waals surface area (Å²) < 4.78 is 40.0. The van der Waals surface area contributed by atoms with E-state index in [0.717, 1.165) is 22.9 Å². The molecule has 1 aromatic carbocycles. The van der Waals surface area contributed by atoms with Crippen molar-refractivity contribution in [3.63, 3.8) is 0 Å². The van der Waals surface area contributed by atoms with Crippen LogP contribution in [0.15, 0.2) is 30.5 Å². The molecule has 2 N–H and O–H groups in total. The summed E-state index contributed by atoms with van der Waals surface area (Å²) in [4.78, 5) is 17.2. The van der Waals surface area contributed by atoms with Crippen molar-refractivity contribution in [1.29, 1.82) is 0 Å². The number of carbonyl (C=O) groups excluding carboxylic acids is 1. The number of aromatic nitrogens is 1. The molecule has 4 nitrogen and oxygen atoms in total. The lowest BCUT2D eigenvalue weighted by atomic mass is 9.58. The summed E-state index contributed by atoms with van der Waals surface area (Å²) in [6, 6.07) is 7.86. The van der Waals surface area contributed by atoms with E-state index < -0.39 is 17.5 Å². The van der Waals surface area contributed by atoms with Crippen LogP contribution in [0.1, 0.15) is 31.2 Å². The van der Waals surface area contributed by atoms with Gasteiger partial charge in [-0.15, -0.1) is 0 Å². The predicted molar refractivity (Wildman–Crippen MR) is 97.4 cm³/mol. The van der Waals surface area contributed by atoms with Crippen LogP contribution in [-0.4, -0.2) is 41.7 Å². The number of halogens is 3. The molecule has 0 bridgehead atoms. The Morgan fingerprint density at radius 3 is 2.81 bits per heavy atom. The van der Waals surface area contributed by atoms with Crippen LogP contribution in [0.5, 0.6) is 0 Å². The van der Waals surface area contributed by atoms with Gasteiger partial charge in [0, 0.05) is 31.3 Å². The van der Waals surface area contributed by atoms with Gasteiger partial charge in [-0.1, -0.05) is 12.5 Å². The number of likely N-dealkylation sites (tertiary alicyclic amines) is 1. The highest BCUT2D eigenvalue weighted by atomic mass is 19.4.